The van der Waals surface area contributed by atoms with Crippen LogP contribution in [0.3, 0.4) is 0 Å². The van der Waals surface area contributed by atoms with Crippen LogP contribution in [0.5, 0.6) is 23.4 Å². The van der Waals surface area contributed by atoms with Gasteiger partial charge >= 0.3 is 0 Å². The summed E-state index contributed by atoms with van der Waals surface area (Å²) in [5, 5.41) is 20.5. The molecule has 0 aliphatic carbocycles. The van der Waals surface area contributed by atoms with Crippen LogP contribution < -0.4 is 20.1 Å². The van der Waals surface area contributed by atoms with Crippen LogP contribution in [0.2, 0.25) is 0 Å². The number of H-pyrrole nitrogens is 2. The van der Waals surface area contributed by atoms with Crippen molar-refractivity contribution in [1.29, 1.82) is 0 Å². The highest BCUT2D eigenvalue weighted by atomic mass is 16.6. The maximum Gasteiger partial charge on any atom is 0.292 e. The number of benzene rings is 2. The highest BCUT2D eigenvalue weighted by Crippen LogP contribution is 2.46. The number of furan rings is 2. The number of aromatic amines is 2. The van der Waals surface area contributed by atoms with Gasteiger partial charge < -0.3 is 28.9 Å². The second kappa shape index (κ2) is 11.7. The third kappa shape index (κ3) is 5.35. The predicted molar refractivity (Wildman–Crippen MR) is 169 cm³/mol. The van der Waals surface area contributed by atoms with Crippen LogP contribution in [0, 0.1) is 0 Å². The van der Waals surface area contributed by atoms with Crippen molar-refractivity contribution in [2.45, 2.75) is 0 Å². The van der Waals surface area contributed by atoms with E-state index in [0.717, 1.165) is 0 Å². The summed E-state index contributed by atoms with van der Waals surface area (Å²) < 4.78 is 24.6. The van der Waals surface area contributed by atoms with Gasteiger partial charge in [0.1, 0.15) is 40.8 Å². The summed E-state index contributed by atoms with van der Waals surface area (Å²) in [7, 11) is 0. The molecule has 0 saturated heterocycles. The van der Waals surface area contributed by atoms with Gasteiger partial charge in [0.2, 0.25) is 0 Å². The Bertz CT molecular complexity index is 2010. The van der Waals surface area contributed by atoms with E-state index in [9.17, 15) is 0 Å². The standard InChI is InChI=1S/C33H23N9O4/c1-3-7-20(8-4-1)43-28-15-24(39-26-11-13-37-41-26)32(45-28)30-22-17-34-18-23(22)31(36-19-35-30)33-25(40-27-12-14-38-42-27)16-29(46-33)44-21-9-5-2-6-10-21/h1-19H,(H2,37,39,41)(H2,38,40,42). The van der Waals surface area contributed by atoms with Gasteiger partial charge in [-0.25, -0.2) is 9.97 Å². The number of ether oxygens (including phenoxy) is 2. The number of hydrogen-bond donors (Lipinski definition) is 4. The Labute approximate surface area is 260 Å². The molecule has 0 spiro atoms. The van der Waals surface area contributed by atoms with Crippen molar-refractivity contribution in [3.63, 3.8) is 0 Å². The van der Waals surface area contributed by atoms with Crippen molar-refractivity contribution in [3.05, 3.63) is 116 Å². The SMILES string of the molecule is c1ccc(Oc2cc(Nc3ccn[nH]3)c(-c3ncnc(-c4oc(Oc5ccccc5)cc4Nc4ccn[nH]4)c4cncc3-4)o2)cc1. The average molecular weight is 610 g/mol. The van der Waals surface area contributed by atoms with E-state index in [1.165, 1.54) is 6.33 Å². The lowest BCUT2D eigenvalue weighted by Gasteiger charge is -2.06. The molecular formula is C33H23N9O4. The molecule has 0 saturated carbocycles. The number of aromatic nitrogens is 7. The van der Waals surface area contributed by atoms with Crippen LogP contribution in [-0.4, -0.2) is 35.3 Å². The third-order valence-electron chi connectivity index (χ3n) is 6.89. The van der Waals surface area contributed by atoms with Gasteiger partial charge in [-0.3, -0.25) is 15.2 Å². The smallest absolute Gasteiger partial charge is 0.292 e. The first-order valence-corrected chi connectivity index (χ1v) is 14.1. The minimum Gasteiger partial charge on any atom is -0.426 e. The Kier molecular flexibility index (Phi) is 6.77. The summed E-state index contributed by atoms with van der Waals surface area (Å²) in [6, 6.07) is 25.8. The second-order valence-corrected chi connectivity index (χ2v) is 9.94. The molecule has 13 nitrogen and oxygen atoms in total. The molecule has 4 aromatic heterocycles. The van der Waals surface area contributed by atoms with Crippen molar-refractivity contribution in [2.75, 3.05) is 10.6 Å². The van der Waals surface area contributed by atoms with Crippen molar-refractivity contribution in [3.8, 4) is 57.4 Å². The zero-order chi connectivity index (χ0) is 30.7. The summed E-state index contributed by atoms with van der Waals surface area (Å²) >= 11 is 0. The van der Waals surface area contributed by atoms with Crippen molar-refractivity contribution in [1.82, 2.24) is 35.3 Å². The van der Waals surface area contributed by atoms with E-state index in [1.807, 2.05) is 60.7 Å². The number of hydrogen-bond acceptors (Lipinski definition) is 11. The topological polar surface area (TPSA) is 165 Å². The fourth-order valence-corrected chi connectivity index (χ4v) is 4.87. The zero-order valence-corrected chi connectivity index (χ0v) is 23.8. The van der Waals surface area contributed by atoms with Crippen LogP contribution in [-0.2, 0) is 0 Å². The molecule has 0 fully saturated rings. The molecule has 2 aliphatic rings. The summed E-state index contributed by atoms with van der Waals surface area (Å²) in [5.74, 6) is 3.89. The summed E-state index contributed by atoms with van der Waals surface area (Å²) in [6.07, 6.45) is 8.15. The second-order valence-electron chi connectivity index (χ2n) is 9.94. The fraction of sp³-hybridized carbons (Fsp3) is 0. The minimum absolute atomic E-state index is 0.261. The van der Waals surface area contributed by atoms with Gasteiger partial charge in [-0.2, -0.15) is 10.2 Å². The molecule has 2 aliphatic heterocycles. The minimum atomic E-state index is 0.261. The van der Waals surface area contributed by atoms with Gasteiger partial charge in [0.05, 0.1) is 23.8 Å². The fourth-order valence-electron chi connectivity index (χ4n) is 4.87. The van der Waals surface area contributed by atoms with E-state index >= 15 is 0 Å². The molecule has 4 N–H and O–H groups in total. The average Bonchev–Trinajstić information content (AvgIpc) is 3.92. The number of rotatable bonds is 10. The molecule has 2 aromatic carbocycles. The van der Waals surface area contributed by atoms with E-state index in [1.54, 1.807) is 49.1 Å². The summed E-state index contributed by atoms with van der Waals surface area (Å²) in [5.41, 5.74) is 3.47. The first-order valence-electron chi connectivity index (χ1n) is 14.1. The first-order chi connectivity index (χ1) is 22.8. The van der Waals surface area contributed by atoms with Crippen LogP contribution >= 0.6 is 0 Å². The Balaban J connectivity index is 1.21. The van der Waals surface area contributed by atoms with Gasteiger partial charge in [-0.05, 0) is 24.3 Å². The van der Waals surface area contributed by atoms with Crippen LogP contribution in [0.4, 0.5) is 23.0 Å². The largest absolute Gasteiger partial charge is 0.426 e. The van der Waals surface area contributed by atoms with Gasteiger partial charge in [-0.1, -0.05) is 36.4 Å². The molecule has 13 heteroatoms. The molecule has 224 valence electrons. The van der Waals surface area contributed by atoms with E-state index < -0.39 is 0 Å². The Morgan fingerprint density at radius 2 is 1.07 bits per heavy atom. The number of fused-ring (bicyclic) bond motifs is 1. The molecule has 0 atom stereocenters. The monoisotopic (exact) mass is 609 g/mol. The molecule has 0 amide bonds. The highest BCUT2D eigenvalue weighted by Gasteiger charge is 2.27. The number of para-hydroxylation sites is 2. The van der Waals surface area contributed by atoms with Crippen molar-refractivity contribution in [2.24, 2.45) is 0 Å². The lowest BCUT2D eigenvalue weighted by Crippen LogP contribution is -1.93. The maximum atomic E-state index is 6.28. The first kappa shape index (κ1) is 26.7. The van der Waals surface area contributed by atoms with Crippen LogP contribution in [0.25, 0.3) is 34.0 Å². The van der Waals surface area contributed by atoms with Crippen molar-refractivity contribution >= 4 is 23.0 Å². The Morgan fingerprint density at radius 1 is 0.587 bits per heavy atom. The molecular weight excluding hydrogens is 586 g/mol. The normalized spacial score (nSPS) is 11.0. The van der Waals surface area contributed by atoms with Gasteiger partial charge in [0.25, 0.3) is 11.9 Å². The van der Waals surface area contributed by atoms with E-state index in [0.29, 0.717) is 68.5 Å². The highest BCUT2D eigenvalue weighted by molar-refractivity contribution is 5.92. The summed E-state index contributed by atoms with van der Waals surface area (Å²) in [6.45, 7) is 0. The van der Waals surface area contributed by atoms with E-state index in [4.69, 9.17) is 28.3 Å². The molecule has 0 unspecified atom stereocenters. The Hall–Kier alpha value is -6.89. The molecule has 6 aromatic rings. The third-order valence-corrected chi connectivity index (χ3v) is 6.89. The molecule has 6 heterocycles. The van der Waals surface area contributed by atoms with Crippen molar-refractivity contribution < 1.29 is 18.3 Å². The van der Waals surface area contributed by atoms with Gasteiger partial charge in [0.15, 0.2) is 11.5 Å². The van der Waals surface area contributed by atoms with Crippen LogP contribution in [0.15, 0.2) is 125 Å². The quantitative estimate of drug-likeness (QED) is 0.119. The van der Waals surface area contributed by atoms with Gasteiger partial charge in [-0.15, -0.1) is 0 Å². The van der Waals surface area contributed by atoms with Gasteiger partial charge in [0, 0.05) is 47.8 Å². The Morgan fingerprint density at radius 3 is 1.50 bits per heavy atom. The van der Waals surface area contributed by atoms with E-state index in [-0.39, 0.29) is 11.9 Å². The molecule has 0 bridgehead atoms. The molecule has 46 heavy (non-hydrogen) atoms. The number of anilines is 4. The predicted octanol–water partition coefficient (Wildman–Crippen LogP) is 8.01. The van der Waals surface area contributed by atoms with Crippen LogP contribution in [0.1, 0.15) is 0 Å². The zero-order valence-electron chi connectivity index (χ0n) is 23.8. The lowest BCUT2D eigenvalue weighted by molar-refractivity contribution is 0.351. The van der Waals surface area contributed by atoms with E-state index in [2.05, 4.69) is 36.0 Å². The molecule has 8 rings (SSSR count). The molecule has 0 radical (unpaired) electrons. The number of nitrogens with zero attached hydrogens (tertiary/aromatic N) is 5. The summed E-state index contributed by atoms with van der Waals surface area (Å²) in [4.78, 5) is 13.9. The number of nitrogens with one attached hydrogen (secondary N) is 4. The maximum absolute atomic E-state index is 6.28. The lowest BCUT2D eigenvalue weighted by atomic mass is 10.0.